The topological polar surface area (TPSA) is 49.3 Å². The fraction of sp³-hybridized carbons (Fsp3) is 0.136. The molecule has 0 fully saturated rings. The maximum absolute atomic E-state index is 13.5. The van der Waals surface area contributed by atoms with E-state index in [-0.39, 0.29) is 17.0 Å². The van der Waals surface area contributed by atoms with E-state index in [1.807, 2.05) is 19.1 Å². The zero-order chi connectivity index (χ0) is 20.1. The molecule has 0 bridgehead atoms. The van der Waals surface area contributed by atoms with E-state index in [2.05, 4.69) is 5.32 Å². The van der Waals surface area contributed by atoms with Gasteiger partial charge >= 0.3 is 6.18 Å². The molecule has 1 heterocycles. The monoisotopic (exact) mass is 383 g/mol. The number of carbonyl (C=O) groups excluding carboxylic acids is 1. The fourth-order valence-electron chi connectivity index (χ4n) is 3.82. The molecular weight excluding hydrogens is 367 g/mol. The summed E-state index contributed by atoms with van der Waals surface area (Å²) in [5, 5.41) is 12.1. The second-order valence-corrected chi connectivity index (χ2v) is 6.84. The van der Waals surface area contributed by atoms with Gasteiger partial charge in [0.1, 0.15) is 11.2 Å². The van der Waals surface area contributed by atoms with E-state index < -0.39 is 23.1 Å². The van der Waals surface area contributed by atoms with Gasteiger partial charge in [0.05, 0.1) is 11.3 Å². The second-order valence-electron chi connectivity index (χ2n) is 6.84. The van der Waals surface area contributed by atoms with Gasteiger partial charge in [0.2, 0.25) is 5.91 Å². The van der Waals surface area contributed by atoms with E-state index >= 15 is 0 Å². The molecule has 1 unspecified atom stereocenters. The first-order valence-corrected chi connectivity index (χ1v) is 8.63. The van der Waals surface area contributed by atoms with Crippen molar-refractivity contribution in [3.8, 4) is 5.75 Å². The largest absolute Gasteiger partial charge is 0.508 e. The summed E-state index contributed by atoms with van der Waals surface area (Å²) in [5.41, 5.74) is -0.323. The number of alkyl halides is 3. The minimum Gasteiger partial charge on any atom is -0.508 e. The highest BCUT2D eigenvalue weighted by Crippen LogP contribution is 2.51. The minimum absolute atomic E-state index is 0.00507. The molecule has 0 spiro atoms. The van der Waals surface area contributed by atoms with E-state index in [1.165, 1.54) is 24.3 Å². The molecule has 0 aromatic heterocycles. The van der Waals surface area contributed by atoms with Gasteiger partial charge in [0.25, 0.3) is 0 Å². The van der Waals surface area contributed by atoms with Crippen molar-refractivity contribution in [1.82, 2.24) is 0 Å². The Hall–Kier alpha value is -3.28. The second kappa shape index (κ2) is 6.12. The average Bonchev–Trinajstić information content (AvgIpc) is 2.95. The summed E-state index contributed by atoms with van der Waals surface area (Å²) in [6.07, 6.45) is -4.60. The molecule has 3 aromatic rings. The normalized spacial score (nSPS) is 18.6. The van der Waals surface area contributed by atoms with Gasteiger partial charge in [-0.25, -0.2) is 0 Å². The summed E-state index contributed by atoms with van der Waals surface area (Å²) in [4.78, 5) is 13.3. The predicted molar refractivity (Wildman–Crippen MR) is 99.2 cm³/mol. The highest BCUT2D eigenvalue weighted by Gasteiger charge is 2.52. The van der Waals surface area contributed by atoms with Crippen LogP contribution in [0.2, 0.25) is 0 Å². The number of hydrogen-bond acceptors (Lipinski definition) is 2. The molecule has 0 radical (unpaired) electrons. The van der Waals surface area contributed by atoms with Gasteiger partial charge in [-0.05, 0) is 36.2 Å². The fourth-order valence-corrected chi connectivity index (χ4v) is 3.82. The lowest BCUT2D eigenvalue weighted by atomic mass is 9.70. The molecule has 6 heteroatoms. The first-order chi connectivity index (χ1) is 13.2. The van der Waals surface area contributed by atoms with Crippen LogP contribution in [-0.4, -0.2) is 11.0 Å². The molecule has 28 heavy (non-hydrogen) atoms. The summed E-state index contributed by atoms with van der Waals surface area (Å²) in [6.45, 7) is 1.89. The number of fused-ring (bicyclic) bond motifs is 1. The lowest BCUT2D eigenvalue weighted by molar-refractivity contribution is -0.136. The maximum Gasteiger partial charge on any atom is 0.418 e. The third-order valence-corrected chi connectivity index (χ3v) is 5.14. The molecule has 3 nitrogen and oxygen atoms in total. The first-order valence-electron chi connectivity index (χ1n) is 8.63. The smallest absolute Gasteiger partial charge is 0.418 e. The number of phenols is 1. The molecule has 0 aliphatic carbocycles. The Morgan fingerprint density at radius 3 is 2.04 bits per heavy atom. The van der Waals surface area contributed by atoms with E-state index in [1.54, 1.807) is 24.3 Å². The van der Waals surface area contributed by atoms with Gasteiger partial charge in [0, 0.05) is 5.56 Å². The summed E-state index contributed by atoms with van der Waals surface area (Å²) >= 11 is 0. The van der Waals surface area contributed by atoms with Crippen molar-refractivity contribution in [1.29, 1.82) is 0 Å². The van der Waals surface area contributed by atoms with E-state index in [9.17, 15) is 23.1 Å². The summed E-state index contributed by atoms with van der Waals surface area (Å²) in [6, 6.07) is 16.9. The van der Waals surface area contributed by atoms with Gasteiger partial charge in [-0.1, -0.05) is 54.1 Å². The standard InChI is InChI=1S/C22H16F3NO2/c1-13-5-7-14(8-6-13)21(15-9-11-16(27)12-10-15)17-3-2-4-18(22(23,24)25)19(17)26-20(21)28/h2-12,27H,1H3,(H,26,28). The molecule has 0 saturated carbocycles. The van der Waals surface area contributed by atoms with E-state index in [0.717, 1.165) is 11.6 Å². The van der Waals surface area contributed by atoms with Crippen LogP contribution in [0, 0.1) is 6.92 Å². The Bertz CT molecular complexity index is 1010. The molecule has 2 N–H and O–H groups in total. The average molecular weight is 383 g/mol. The Kier molecular flexibility index (Phi) is 3.96. The maximum atomic E-state index is 13.5. The van der Waals surface area contributed by atoms with Crippen LogP contribution in [0.3, 0.4) is 0 Å². The Labute approximate surface area is 159 Å². The summed E-state index contributed by atoms with van der Waals surface area (Å²) < 4.78 is 40.6. The molecule has 142 valence electrons. The van der Waals surface area contributed by atoms with Crippen LogP contribution in [0.25, 0.3) is 0 Å². The highest BCUT2D eigenvalue weighted by molar-refractivity contribution is 6.12. The quantitative estimate of drug-likeness (QED) is 0.654. The van der Waals surface area contributed by atoms with Gasteiger partial charge in [-0.3, -0.25) is 4.79 Å². The minimum atomic E-state index is -4.60. The molecule has 1 aliphatic heterocycles. The summed E-state index contributed by atoms with van der Waals surface area (Å²) in [5.74, 6) is -0.556. The number of benzene rings is 3. The number of amides is 1. The number of phenolic OH excluding ortho intramolecular Hbond substituents is 1. The van der Waals surface area contributed by atoms with Crippen LogP contribution in [0.1, 0.15) is 27.8 Å². The highest BCUT2D eigenvalue weighted by atomic mass is 19.4. The van der Waals surface area contributed by atoms with Gasteiger partial charge in [-0.15, -0.1) is 0 Å². The van der Waals surface area contributed by atoms with Gasteiger partial charge < -0.3 is 10.4 Å². The number of anilines is 1. The van der Waals surface area contributed by atoms with Crippen LogP contribution in [-0.2, 0) is 16.4 Å². The molecule has 3 aromatic carbocycles. The van der Waals surface area contributed by atoms with Crippen LogP contribution in [0.4, 0.5) is 18.9 Å². The van der Waals surface area contributed by atoms with E-state index in [4.69, 9.17) is 0 Å². The number of aryl methyl sites for hydroxylation is 1. The van der Waals surface area contributed by atoms with Crippen LogP contribution < -0.4 is 5.32 Å². The van der Waals surface area contributed by atoms with Crippen molar-refractivity contribution in [3.05, 3.63) is 94.5 Å². The number of nitrogens with one attached hydrogen (secondary N) is 1. The summed E-state index contributed by atoms with van der Waals surface area (Å²) in [7, 11) is 0. The third kappa shape index (κ3) is 2.56. The van der Waals surface area contributed by atoms with Crippen molar-refractivity contribution in [2.45, 2.75) is 18.5 Å². The van der Waals surface area contributed by atoms with Crippen LogP contribution in [0.15, 0.2) is 66.7 Å². The third-order valence-electron chi connectivity index (χ3n) is 5.14. The van der Waals surface area contributed by atoms with Gasteiger partial charge in [-0.2, -0.15) is 13.2 Å². The molecule has 1 amide bonds. The molecule has 1 aliphatic rings. The van der Waals surface area contributed by atoms with E-state index in [0.29, 0.717) is 11.1 Å². The molecule has 1 atom stereocenters. The van der Waals surface area contributed by atoms with Crippen LogP contribution in [0.5, 0.6) is 5.75 Å². The first kappa shape index (κ1) is 18.1. The SMILES string of the molecule is Cc1ccc(C2(c3ccc(O)cc3)C(=O)Nc3c(C(F)(F)F)cccc32)cc1. The number of rotatable bonds is 2. The number of hydrogen-bond donors (Lipinski definition) is 2. The number of halogens is 3. The number of para-hydroxylation sites is 1. The van der Waals surface area contributed by atoms with Crippen molar-refractivity contribution in [2.24, 2.45) is 0 Å². The van der Waals surface area contributed by atoms with Crippen molar-refractivity contribution >= 4 is 11.6 Å². The van der Waals surface area contributed by atoms with Crippen LogP contribution >= 0.6 is 0 Å². The van der Waals surface area contributed by atoms with Crippen molar-refractivity contribution in [2.75, 3.05) is 5.32 Å². The zero-order valence-corrected chi connectivity index (χ0v) is 14.8. The molecule has 0 saturated heterocycles. The van der Waals surface area contributed by atoms with Crippen molar-refractivity contribution < 1.29 is 23.1 Å². The zero-order valence-electron chi connectivity index (χ0n) is 14.8. The molecular formula is C22H16F3NO2. The number of carbonyl (C=O) groups is 1. The Morgan fingerprint density at radius 1 is 0.893 bits per heavy atom. The van der Waals surface area contributed by atoms with Gasteiger partial charge in [0.15, 0.2) is 0 Å². The molecule has 4 rings (SSSR count). The lowest BCUT2D eigenvalue weighted by Crippen LogP contribution is -2.36. The predicted octanol–water partition coefficient (Wildman–Crippen LogP) is 5.01. The van der Waals surface area contributed by atoms with Crippen molar-refractivity contribution in [3.63, 3.8) is 0 Å². The Balaban J connectivity index is 2.08. The Morgan fingerprint density at radius 2 is 1.46 bits per heavy atom. The lowest BCUT2D eigenvalue weighted by Gasteiger charge is -2.29. The number of aromatic hydroxyl groups is 1.